The van der Waals surface area contributed by atoms with Gasteiger partial charge in [-0.05, 0) is 36.4 Å². The molecule has 0 aliphatic carbocycles. The van der Waals surface area contributed by atoms with Crippen LogP contribution < -0.4 is 5.32 Å². The van der Waals surface area contributed by atoms with E-state index in [2.05, 4.69) is 5.32 Å². The number of hydrogen-bond donors (Lipinski definition) is 1. The van der Waals surface area contributed by atoms with Gasteiger partial charge in [-0.25, -0.2) is 8.42 Å². The van der Waals surface area contributed by atoms with Crippen LogP contribution in [0, 0.1) is 0 Å². The van der Waals surface area contributed by atoms with Crippen molar-refractivity contribution >= 4 is 27.5 Å². The van der Waals surface area contributed by atoms with Crippen LogP contribution in [0.3, 0.4) is 0 Å². The Labute approximate surface area is 113 Å². The molecule has 1 heterocycles. The molecule has 0 saturated carbocycles. The first-order valence-electron chi connectivity index (χ1n) is 5.89. The van der Waals surface area contributed by atoms with E-state index in [4.69, 9.17) is 0 Å². The van der Waals surface area contributed by atoms with Crippen LogP contribution >= 0.6 is 11.8 Å². The molecule has 100 valence electrons. The second-order valence-electron chi connectivity index (χ2n) is 4.31. The van der Waals surface area contributed by atoms with E-state index in [9.17, 15) is 8.42 Å². The number of sulfonamides is 1. The summed E-state index contributed by atoms with van der Waals surface area (Å²) in [5.41, 5.74) is 0.910. The molecular weight excluding hydrogens is 268 g/mol. The van der Waals surface area contributed by atoms with Gasteiger partial charge in [-0.15, -0.1) is 0 Å². The zero-order valence-corrected chi connectivity index (χ0v) is 12.2. The minimum Gasteiger partial charge on any atom is -0.388 e. The molecule has 1 aliphatic heterocycles. The maximum atomic E-state index is 12.4. The predicted octanol–water partition coefficient (Wildman–Crippen LogP) is 1.85. The van der Waals surface area contributed by atoms with E-state index >= 15 is 0 Å². The quantitative estimate of drug-likeness (QED) is 0.918. The normalized spacial score (nSPS) is 20.3. The number of nitrogens with one attached hydrogen (secondary N) is 1. The lowest BCUT2D eigenvalue weighted by molar-refractivity contribution is 0.394. The van der Waals surface area contributed by atoms with Gasteiger partial charge in [-0.1, -0.05) is 0 Å². The summed E-state index contributed by atoms with van der Waals surface area (Å²) in [5, 5.41) is 2.98. The number of thioether (sulfide) groups is 1. The van der Waals surface area contributed by atoms with E-state index in [0.717, 1.165) is 23.6 Å². The summed E-state index contributed by atoms with van der Waals surface area (Å²) < 4.78 is 26.3. The van der Waals surface area contributed by atoms with Gasteiger partial charge in [0, 0.05) is 31.6 Å². The van der Waals surface area contributed by atoms with E-state index in [0.29, 0.717) is 4.90 Å². The fourth-order valence-corrected chi connectivity index (χ4v) is 4.71. The standard InChI is InChI=1S/C12H18N2O2S2/c1-13-10-3-5-12(6-4-10)18(15,16)14(2)11-7-8-17-9-11/h3-6,11,13H,7-9H2,1-2H3. The largest absolute Gasteiger partial charge is 0.388 e. The Kier molecular flexibility index (Phi) is 4.19. The number of benzene rings is 1. The van der Waals surface area contributed by atoms with E-state index < -0.39 is 10.0 Å². The number of rotatable bonds is 4. The van der Waals surface area contributed by atoms with Crippen molar-refractivity contribution in [2.24, 2.45) is 0 Å². The van der Waals surface area contributed by atoms with Gasteiger partial charge in [0.05, 0.1) is 4.90 Å². The Balaban J connectivity index is 2.23. The monoisotopic (exact) mass is 286 g/mol. The lowest BCUT2D eigenvalue weighted by Gasteiger charge is -2.23. The molecule has 1 saturated heterocycles. The zero-order chi connectivity index (χ0) is 13.2. The van der Waals surface area contributed by atoms with Crippen molar-refractivity contribution in [3.63, 3.8) is 0 Å². The molecule has 4 nitrogen and oxygen atoms in total. The van der Waals surface area contributed by atoms with Crippen molar-refractivity contribution in [3.8, 4) is 0 Å². The summed E-state index contributed by atoms with van der Waals surface area (Å²) in [6.45, 7) is 0. The Morgan fingerprint density at radius 1 is 1.33 bits per heavy atom. The zero-order valence-electron chi connectivity index (χ0n) is 10.6. The molecule has 2 rings (SSSR count). The molecule has 0 aromatic heterocycles. The van der Waals surface area contributed by atoms with Crippen molar-refractivity contribution in [2.45, 2.75) is 17.4 Å². The van der Waals surface area contributed by atoms with E-state index in [1.807, 2.05) is 18.8 Å². The van der Waals surface area contributed by atoms with Gasteiger partial charge in [0.25, 0.3) is 0 Å². The summed E-state index contributed by atoms with van der Waals surface area (Å²) >= 11 is 1.81. The van der Waals surface area contributed by atoms with Crippen LogP contribution in [0.15, 0.2) is 29.2 Å². The second-order valence-corrected chi connectivity index (χ2v) is 7.46. The van der Waals surface area contributed by atoms with Crippen molar-refractivity contribution in [1.29, 1.82) is 0 Å². The van der Waals surface area contributed by atoms with Crippen LogP contribution in [0.2, 0.25) is 0 Å². The van der Waals surface area contributed by atoms with Crippen LogP contribution in [0.5, 0.6) is 0 Å². The smallest absolute Gasteiger partial charge is 0.243 e. The minimum atomic E-state index is -3.36. The van der Waals surface area contributed by atoms with Crippen molar-refractivity contribution in [1.82, 2.24) is 4.31 Å². The molecule has 0 radical (unpaired) electrons. The number of hydrogen-bond acceptors (Lipinski definition) is 4. The number of nitrogens with zero attached hydrogens (tertiary/aromatic N) is 1. The van der Waals surface area contributed by atoms with Crippen LogP contribution in [0.1, 0.15) is 6.42 Å². The van der Waals surface area contributed by atoms with Gasteiger partial charge in [0.1, 0.15) is 0 Å². The molecule has 1 fully saturated rings. The Hall–Kier alpha value is -0.720. The number of anilines is 1. The summed E-state index contributed by atoms with van der Waals surface area (Å²) in [4.78, 5) is 0.362. The molecule has 1 N–H and O–H groups in total. The maximum Gasteiger partial charge on any atom is 0.243 e. The first-order valence-corrected chi connectivity index (χ1v) is 8.49. The Morgan fingerprint density at radius 2 is 2.00 bits per heavy atom. The molecule has 0 spiro atoms. The average molecular weight is 286 g/mol. The topological polar surface area (TPSA) is 49.4 Å². The van der Waals surface area contributed by atoms with Crippen LogP contribution in [-0.2, 0) is 10.0 Å². The molecule has 18 heavy (non-hydrogen) atoms. The van der Waals surface area contributed by atoms with Crippen LogP contribution in [-0.4, -0.2) is 44.4 Å². The van der Waals surface area contributed by atoms with Gasteiger partial charge in [0.15, 0.2) is 0 Å². The summed E-state index contributed by atoms with van der Waals surface area (Å²) in [6, 6.07) is 7.00. The van der Waals surface area contributed by atoms with Gasteiger partial charge < -0.3 is 5.32 Å². The third-order valence-corrected chi connectivity index (χ3v) is 6.31. The lowest BCUT2D eigenvalue weighted by Crippen LogP contribution is -2.36. The highest BCUT2D eigenvalue weighted by Crippen LogP contribution is 2.26. The maximum absolute atomic E-state index is 12.4. The fraction of sp³-hybridized carbons (Fsp3) is 0.500. The highest BCUT2D eigenvalue weighted by atomic mass is 32.2. The van der Waals surface area contributed by atoms with E-state index in [1.165, 1.54) is 4.31 Å². The van der Waals surface area contributed by atoms with E-state index in [-0.39, 0.29) is 6.04 Å². The van der Waals surface area contributed by atoms with Gasteiger partial charge in [0.2, 0.25) is 10.0 Å². The molecule has 1 aromatic carbocycles. The van der Waals surface area contributed by atoms with Crippen molar-refractivity contribution < 1.29 is 8.42 Å². The molecule has 6 heteroatoms. The van der Waals surface area contributed by atoms with Gasteiger partial charge in [-0.3, -0.25) is 0 Å². The summed E-state index contributed by atoms with van der Waals surface area (Å²) in [6.07, 6.45) is 0.939. The van der Waals surface area contributed by atoms with E-state index in [1.54, 1.807) is 31.3 Å². The lowest BCUT2D eigenvalue weighted by atomic mass is 10.3. The highest BCUT2D eigenvalue weighted by molar-refractivity contribution is 7.99. The Morgan fingerprint density at radius 3 is 2.50 bits per heavy atom. The molecule has 0 bridgehead atoms. The molecule has 1 aromatic rings. The predicted molar refractivity (Wildman–Crippen MR) is 76.7 cm³/mol. The highest BCUT2D eigenvalue weighted by Gasteiger charge is 2.30. The van der Waals surface area contributed by atoms with Crippen molar-refractivity contribution in [2.75, 3.05) is 30.9 Å². The molecule has 1 unspecified atom stereocenters. The summed E-state index contributed by atoms with van der Waals surface area (Å²) in [7, 11) is 0.134. The fourth-order valence-electron chi connectivity index (χ4n) is 1.96. The molecule has 1 aliphatic rings. The minimum absolute atomic E-state index is 0.129. The van der Waals surface area contributed by atoms with Crippen LogP contribution in [0.25, 0.3) is 0 Å². The second kappa shape index (κ2) is 5.50. The SMILES string of the molecule is CNc1ccc(S(=O)(=O)N(C)C2CCSC2)cc1. The first kappa shape index (κ1) is 13.7. The summed E-state index contributed by atoms with van der Waals surface area (Å²) in [5.74, 6) is 1.94. The van der Waals surface area contributed by atoms with Crippen molar-refractivity contribution in [3.05, 3.63) is 24.3 Å². The van der Waals surface area contributed by atoms with Gasteiger partial charge in [-0.2, -0.15) is 16.1 Å². The third-order valence-electron chi connectivity index (χ3n) is 3.24. The van der Waals surface area contributed by atoms with Gasteiger partial charge >= 0.3 is 0 Å². The molecule has 0 amide bonds. The third kappa shape index (κ3) is 2.65. The first-order chi connectivity index (χ1) is 8.55. The molecule has 1 atom stereocenters. The average Bonchev–Trinajstić information content (AvgIpc) is 2.91. The molecular formula is C12H18N2O2S2. The Bertz CT molecular complexity index is 493. The van der Waals surface area contributed by atoms with Crippen LogP contribution in [0.4, 0.5) is 5.69 Å².